The Hall–Kier alpha value is -1.93. The van der Waals surface area contributed by atoms with Gasteiger partial charge in [-0.05, 0) is 45.6 Å². The molecule has 0 spiro atoms. The van der Waals surface area contributed by atoms with E-state index < -0.39 is 21.7 Å². The normalized spacial score (nSPS) is 16.7. The van der Waals surface area contributed by atoms with Crippen molar-refractivity contribution in [1.82, 2.24) is 9.62 Å². The summed E-state index contributed by atoms with van der Waals surface area (Å²) >= 11 is 0. The van der Waals surface area contributed by atoms with Gasteiger partial charge >= 0.3 is 6.09 Å². The van der Waals surface area contributed by atoms with Gasteiger partial charge in [0.15, 0.2) is 0 Å². The van der Waals surface area contributed by atoms with Crippen LogP contribution in [0.1, 0.15) is 49.5 Å². The fourth-order valence-corrected chi connectivity index (χ4v) is 4.41. The maximum atomic E-state index is 12.6. The van der Waals surface area contributed by atoms with E-state index in [-0.39, 0.29) is 11.8 Å². The molecular formula is C19H28N2O5S. The maximum Gasteiger partial charge on any atom is 0.407 e. The van der Waals surface area contributed by atoms with Crippen molar-refractivity contribution in [1.29, 1.82) is 0 Å². The standard InChI is InChI=1S/C19H28N2O5S/c1-19(2,3)26-18(23)20-17-8-11-21(12-9-17)27(24,25)13-10-15-4-6-16(14-22)7-5-15/h4-7,14,17H,8-13H2,1-3H3,(H,20,23). The molecule has 150 valence electrons. The molecule has 1 fully saturated rings. The van der Waals surface area contributed by atoms with E-state index in [0.717, 1.165) is 11.8 Å². The van der Waals surface area contributed by atoms with Crippen LogP contribution < -0.4 is 5.32 Å². The van der Waals surface area contributed by atoms with Gasteiger partial charge in [-0.1, -0.05) is 24.3 Å². The SMILES string of the molecule is CC(C)(C)OC(=O)NC1CCN(S(=O)(=O)CCc2ccc(C=O)cc2)CC1. The summed E-state index contributed by atoms with van der Waals surface area (Å²) < 4.78 is 31.8. The molecule has 1 aliphatic rings. The number of aryl methyl sites for hydroxylation is 1. The van der Waals surface area contributed by atoms with Crippen LogP contribution in [0.3, 0.4) is 0 Å². The van der Waals surface area contributed by atoms with E-state index in [4.69, 9.17) is 4.74 Å². The highest BCUT2D eigenvalue weighted by atomic mass is 32.2. The van der Waals surface area contributed by atoms with Gasteiger partial charge in [0, 0.05) is 24.7 Å². The molecule has 8 heteroatoms. The molecule has 1 aromatic rings. The lowest BCUT2D eigenvalue weighted by Gasteiger charge is -2.32. The van der Waals surface area contributed by atoms with E-state index in [1.54, 1.807) is 45.0 Å². The third-order valence-corrected chi connectivity index (χ3v) is 6.20. The Morgan fingerprint density at radius 1 is 1.22 bits per heavy atom. The highest BCUT2D eigenvalue weighted by molar-refractivity contribution is 7.89. The van der Waals surface area contributed by atoms with E-state index in [0.29, 0.717) is 37.9 Å². The van der Waals surface area contributed by atoms with Crippen molar-refractivity contribution in [2.24, 2.45) is 0 Å². The number of hydrogen-bond acceptors (Lipinski definition) is 5. The van der Waals surface area contributed by atoms with Crippen LogP contribution in [0.4, 0.5) is 4.79 Å². The van der Waals surface area contributed by atoms with Gasteiger partial charge < -0.3 is 10.1 Å². The summed E-state index contributed by atoms with van der Waals surface area (Å²) in [6.45, 7) is 6.16. The smallest absolute Gasteiger partial charge is 0.407 e. The Labute approximate surface area is 161 Å². The second-order valence-electron chi connectivity index (χ2n) is 7.74. The fraction of sp³-hybridized carbons (Fsp3) is 0.579. The first-order valence-electron chi connectivity index (χ1n) is 9.10. The Morgan fingerprint density at radius 2 is 1.81 bits per heavy atom. The fourth-order valence-electron chi connectivity index (χ4n) is 2.89. The van der Waals surface area contributed by atoms with Crippen LogP contribution in [0, 0.1) is 0 Å². The Bertz CT molecular complexity index is 745. The number of carbonyl (C=O) groups is 2. The molecule has 0 saturated carbocycles. The highest BCUT2D eigenvalue weighted by Crippen LogP contribution is 2.17. The molecular weight excluding hydrogens is 368 g/mol. The van der Waals surface area contributed by atoms with Gasteiger partial charge in [-0.3, -0.25) is 4.79 Å². The second kappa shape index (κ2) is 8.84. The number of hydrogen-bond donors (Lipinski definition) is 1. The number of ether oxygens (including phenoxy) is 1. The molecule has 0 aromatic heterocycles. The monoisotopic (exact) mass is 396 g/mol. The number of rotatable bonds is 6. The van der Waals surface area contributed by atoms with Gasteiger partial charge in [-0.25, -0.2) is 17.5 Å². The van der Waals surface area contributed by atoms with Crippen LogP contribution in [-0.2, 0) is 21.2 Å². The summed E-state index contributed by atoms with van der Waals surface area (Å²) in [7, 11) is -3.36. The molecule has 0 radical (unpaired) electrons. The predicted molar refractivity (Wildman–Crippen MR) is 103 cm³/mol. The summed E-state index contributed by atoms with van der Waals surface area (Å²) in [5, 5.41) is 2.80. The van der Waals surface area contributed by atoms with E-state index in [1.165, 1.54) is 4.31 Å². The molecule has 27 heavy (non-hydrogen) atoms. The maximum absolute atomic E-state index is 12.6. The molecule has 2 rings (SSSR count). The van der Waals surface area contributed by atoms with Crippen LogP contribution in [0.2, 0.25) is 0 Å². The zero-order chi connectivity index (χ0) is 20.1. The first-order valence-corrected chi connectivity index (χ1v) is 10.7. The summed E-state index contributed by atoms with van der Waals surface area (Å²) in [6, 6.07) is 6.83. The minimum absolute atomic E-state index is 0.0254. The topological polar surface area (TPSA) is 92.8 Å². The molecule has 0 atom stereocenters. The highest BCUT2D eigenvalue weighted by Gasteiger charge is 2.29. The molecule has 1 amide bonds. The van der Waals surface area contributed by atoms with Crippen molar-refractivity contribution in [3.63, 3.8) is 0 Å². The van der Waals surface area contributed by atoms with Crippen molar-refractivity contribution < 1.29 is 22.7 Å². The number of nitrogens with zero attached hydrogens (tertiary/aromatic N) is 1. The molecule has 1 aliphatic heterocycles. The molecule has 0 aliphatic carbocycles. The van der Waals surface area contributed by atoms with Crippen molar-refractivity contribution >= 4 is 22.4 Å². The molecule has 1 saturated heterocycles. The molecule has 0 bridgehead atoms. The lowest BCUT2D eigenvalue weighted by Crippen LogP contribution is -2.48. The summed E-state index contributed by atoms with van der Waals surface area (Å²) in [5.41, 5.74) is 0.893. The molecule has 1 heterocycles. The third-order valence-electron chi connectivity index (χ3n) is 4.33. The van der Waals surface area contributed by atoms with Gasteiger partial charge in [0.05, 0.1) is 5.75 Å². The lowest BCUT2D eigenvalue weighted by atomic mass is 10.1. The number of aldehydes is 1. The van der Waals surface area contributed by atoms with E-state index >= 15 is 0 Å². The average Bonchev–Trinajstić information content (AvgIpc) is 2.59. The first-order chi connectivity index (χ1) is 12.6. The minimum Gasteiger partial charge on any atom is -0.444 e. The van der Waals surface area contributed by atoms with Gasteiger partial charge in [0.1, 0.15) is 11.9 Å². The van der Waals surface area contributed by atoms with Crippen LogP contribution in [0.5, 0.6) is 0 Å². The molecule has 0 unspecified atom stereocenters. The third kappa shape index (κ3) is 6.95. The number of alkyl carbamates (subject to hydrolysis) is 1. The van der Waals surface area contributed by atoms with E-state index in [2.05, 4.69) is 5.32 Å². The second-order valence-corrected chi connectivity index (χ2v) is 9.83. The molecule has 1 aromatic carbocycles. The number of nitrogens with one attached hydrogen (secondary N) is 1. The number of benzene rings is 1. The lowest BCUT2D eigenvalue weighted by molar-refractivity contribution is 0.0489. The number of carbonyl (C=O) groups excluding carboxylic acids is 2. The van der Waals surface area contributed by atoms with Crippen LogP contribution in [0.15, 0.2) is 24.3 Å². The van der Waals surface area contributed by atoms with Crippen LogP contribution in [0.25, 0.3) is 0 Å². The zero-order valence-corrected chi connectivity index (χ0v) is 16.9. The van der Waals surface area contributed by atoms with Crippen LogP contribution in [-0.4, -0.2) is 55.6 Å². The van der Waals surface area contributed by atoms with Crippen molar-refractivity contribution in [2.45, 2.75) is 51.7 Å². The first kappa shape index (κ1) is 21.4. The number of piperidine rings is 1. The Balaban J connectivity index is 1.81. The Kier molecular flexibility index (Phi) is 7.00. The van der Waals surface area contributed by atoms with Crippen molar-refractivity contribution in [3.8, 4) is 0 Å². The zero-order valence-electron chi connectivity index (χ0n) is 16.1. The summed E-state index contributed by atoms with van der Waals surface area (Å²) in [5.74, 6) is 0.0254. The minimum atomic E-state index is -3.36. The van der Waals surface area contributed by atoms with E-state index in [9.17, 15) is 18.0 Å². The summed E-state index contributed by atoms with van der Waals surface area (Å²) in [6.07, 6.45) is 1.81. The van der Waals surface area contributed by atoms with Gasteiger partial charge in [0.2, 0.25) is 10.0 Å². The predicted octanol–water partition coefficient (Wildman–Crippen LogP) is 2.36. The average molecular weight is 397 g/mol. The van der Waals surface area contributed by atoms with E-state index in [1.807, 2.05) is 0 Å². The van der Waals surface area contributed by atoms with Crippen LogP contribution >= 0.6 is 0 Å². The number of amides is 1. The summed E-state index contributed by atoms with van der Waals surface area (Å²) in [4.78, 5) is 22.5. The number of sulfonamides is 1. The molecule has 1 N–H and O–H groups in total. The van der Waals surface area contributed by atoms with Crippen molar-refractivity contribution in [2.75, 3.05) is 18.8 Å². The van der Waals surface area contributed by atoms with Gasteiger partial charge in [-0.2, -0.15) is 0 Å². The molecule has 7 nitrogen and oxygen atoms in total. The quantitative estimate of drug-likeness (QED) is 0.745. The van der Waals surface area contributed by atoms with Gasteiger partial charge in [0.25, 0.3) is 0 Å². The van der Waals surface area contributed by atoms with Crippen molar-refractivity contribution in [3.05, 3.63) is 35.4 Å². The Morgan fingerprint density at radius 3 is 2.33 bits per heavy atom. The van der Waals surface area contributed by atoms with Gasteiger partial charge in [-0.15, -0.1) is 0 Å². The largest absolute Gasteiger partial charge is 0.444 e.